The van der Waals surface area contributed by atoms with Crippen LogP contribution >= 0.6 is 11.3 Å². The van der Waals surface area contributed by atoms with Crippen LogP contribution in [0.1, 0.15) is 21.6 Å². The number of imidazole rings is 1. The molecule has 0 unspecified atom stereocenters. The van der Waals surface area contributed by atoms with Crippen LogP contribution < -0.4 is 5.32 Å². The van der Waals surface area contributed by atoms with Crippen molar-refractivity contribution in [3.05, 3.63) is 76.9 Å². The lowest BCUT2D eigenvalue weighted by Crippen LogP contribution is -2.17. The van der Waals surface area contributed by atoms with Crippen LogP contribution in [0.5, 0.6) is 0 Å². The molecule has 4 aromatic rings. The first kappa shape index (κ1) is 20.9. The van der Waals surface area contributed by atoms with E-state index in [4.69, 9.17) is 0 Å². The maximum Gasteiger partial charge on any atom is 0.416 e. The van der Waals surface area contributed by atoms with Gasteiger partial charge in [-0.15, -0.1) is 11.3 Å². The van der Waals surface area contributed by atoms with Gasteiger partial charge in [-0.3, -0.25) is 9.20 Å². The Balaban J connectivity index is 1.68. The number of carbonyl (C=O) groups excluding carboxylic acids is 1. The van der Waals surface area contributed by atoms with Crippen LogP contribution in [-0.2, 0) is 12.4 Å². The summed E-state index contributed by atoms with van der Waals surface area (Å²) < 4.78 is 79.6. The Bertz CT molecular complexity index is 1230. The third kappa shape index (κ3) is 4.26. The number of benzene rings is 2. The summed E-state index contributed by atoms with van der Waals surface area (Å²) in [5, 5.41) is 3.55. The first-order valence-electron chi connectivity index (χ1n) is 8.65. The van der Waals surface area contributed by atoms with E-state index in [1.807, 2.05) is 30.3 Å². The van der Waals surface area contributed by atoms with Crippen molar-refractivity contribution < 1.29 is 31.1 Å². The zero-order valence-electron chi connectivity index (χ0n) is 15.3. The summed E-state index contributed by atoms with van der Waals surface area (Å²) in [6.45, 7) is 0. The molecule has 0 spiro atoms. The van der Waals surface area contributed by atoms with Crippen LogP contribution in [0.2, 0.25) is 0 Å². The number of hydrogen-bond acceptors (Lipinski definition) is 3. The van der Waals surface area contributed by atoms with Crippen molar-refractivity contribution in [3.63, 3.8) is 0 Å². The minimum Gasteiger partial charge on any atom is -0.321 e. The number of thiazole rings is 1. The van der Waals surface area contributed by atoms with Gasteiger partial charge in [0.1, 0.15) is 5.69 Å². The molecule has 0 aliphatic rings. The molecule has 2 heterocycles. The molecule has 0 radical (unpaired) electrons. The van der Waals surface area contributed by atoms with Gasteiger partial charge in [0.15, 0.2) is 4.96 Å². The number of aromatic nitrogens is 2. The molecule has 0 fully saturated rings. The minimum absolute atomic E-state index is 0.000449. The van der Waals surface area contributed by atoms with Crippen molar-refractivity contribution in [1.29, 1.82) is 0 Å². The number of halogens is 6. The van der Waals surface area contributed by atoms with Crippen molar-refractivity contribution in [2.45, 2.75) is 12.4 Å². The topological polar surface area (TPSA) is 46.4 Å². The highest BCUT2D eigenvalue weighted by molar-refractivity contribution is 7.15. The van der Waals surface area contributed by atoms with Crippen LogP contribution in [-0.4, -0.2) is 15.3 Å². The molecule has 0 aliphatic carbocycles. The molecular weight excluding hydrogens is 444 g/mol. The van der Waals surface area contributed by atoms with Crippen molar-refractivity contribution in [2.24, 2.45) is 0 Å². The van der Waals surface area contributed by atoms with Crippen LogP contribution in [0.4, 0.5) is 32.0 Å². The molecule has 0 saturated heterocycles. The molecule has 160 valence electrons. The Kier molecular flexibility index (Phi) is 5.00. The molecule has 2 aromatic heterocycles. The van der Waals surface area contributed by atoms with Gasteiger partial charge in [-0.2, -0.15) is 26.3 Å². The Hall–Kier alpha value is -3.34. The fourth-order valence-electron chi connectivity index (χ4n) is 2.92. The second kappa shape index (κ2) is 7.41. The summed E-state index contributed by atoms with van der Waals surface area (Å²) >= 11 is 1.11. The molecule has 0 aliphatic heterocycles. The quantitative estimate of drug-likeness (QED) is 0.366. The molecule has 11 heteroatoms. The molecule has 0 bridgehead atoms. The summed E-state index contributed by atoms with van der Waals surface area (Å²) in [5.41, 5.74) is -2.25. The SMILES string of the molecule is O=C(Nc1cc(C(F)(F)F)cc(C(F)(F)F)c1)c1csc2nc(-c3ccccc3)cn12. The average Bonchev–Trinajstić information content (AvgIpc) is 3.28. The normalized spacial score (nSPS) is 12.3. The van der Waals surface area contributed by atoms with Gasteiger partial charge in [0.2, 0.25) is 0 Å². The summed E-state index contributed by atoms with van der Waals surface area (Å²) in [5.74, 6) is -0.865. The van der Waals surface area contributed by atoms with E-state index in [-0.39, 0.29) is 11.8 Å². The molecule has 0 saturated carbocycles. The highest BCUT2D eigenvalue weighted by Gasteiger charge is 2.37. The van der Waals surface area contributed by atoms with Gasteiger partial charge in [0, 0.05) is 22.8 Å². The number of fused-ring (bicyclic) bond motifs is 1. The first-order valence-corrected chi connectivity index (χ1v) is 9.53. The van der Waals surface area contributed by atoms with E-state index in [0.29, 0.717) is 22.8 Å². The third-order valence-corrected chi connectivity index (χ3v) is 5.20. The van der Waals surface area contributed by atoms with Crippen molar-refractivity contribution in [2.75, 3.05) is 5.32 Å². The molecule has 31 heavy (non-hydrogen) atoms. The van der Waals surface area contributed by atoms with Gasteiger partial charge in [-0.25, -0.2) is 4.98 Å². The molecular formula is C20H11F6N3OS. The highest BCUT2D eigenvalue weighted by atomic mass is 32.1. The van der Waals surface area contributed by atoms with E-state index in [1.54, 1.807) is 6.20 Å². The molecule has 0 atom stereocenters. The monoisotopic (exact) mass is 455 g/mol. The maximum atomic E-state index is 13.0. The van der Waals surface area contributed by atoms with E-state index < -0.39 is 35.1 Å². The van der Waals surface area contributed by atoms with Gasteiger partial charge in [-0.1, -0.05) is 30.3 Å². The predicted molar refractivity (Wildman–Crippen MR) is 103 cm³/mol. The van der Waals surface area contributed by atoms with E-state index >= 15 is 0 Å². The molecule has 2 aromatic carbocycles. The molecule has 4 rings (SSSR count). The van der Waals surface area contributed by atoms with Gasteiger partial charge in [0.05, 0.1) is 16.8 Å². The summed E-state index contributed by atoms with van der Waals surface area (Å²) in [7, 11) is 0. The number of hydrogen-bond donors (Lipinski definition) is 1. The Morgan fingerprint density at radius 3 is 2.13 bits per heavy atom. The molecule has 1 amide bonds. The predicted octanol–water partition coefficient (Wildman–Crippen LogP) is 6.35. The highest BCUT2D eigenvalue weighted by Crippen LogP contribution is 2.37. The number of rotatable bonds is 3. The lowest BCUT2D eigenvalue weighted by molar-refractivity contribution is -0.143. The zero-order chi connectivity index (χ0) is 22.4. The maximum absolute atomic E-state index is 13.0. The van der Waals surface area contributed by atoms with Crippen LogP contribution in [0.25, 0.3) is 16.2 Å². The second-order valence-electron chi connectivity index (χ2n) is 6.51. The zero-order valence-corrected chi connectivity index (χ0v) is 16.1. The van der Waals surface area contributed by atoms with Gasteiger partial charge < -0.3 is 5.32 Å². The first-order chi connectivity index (χ1) is 14.5. The summed E-state index contributed by atoms with van der Waals surface area (Å²) in [6.07, 6.45) is -8.44. The largest absolute Gasteiger partial charge is 0.416 e. The average molecular weight is 455 g/mol. The van der Waals surface area contributed by atoms with Crippen molar-refractivity contribution in [3.8, 4) is 11.3 Å². The third-order valence-electron chi connectivity index (χ3n) is 4.36. The summed E-state index contributed by atoms with van der Waals surface area (Å²) in [4.78, 5) is 17.5. The molecule has 1 N–H and O–H groups in total. The fraction of sp³-hybridized carbons (Fsp3) is 0.100. The number of anilines is 1. The number of alkyl halides is 6. The lowest BCUT2D eigenvalue weighted by atomic mass is 10.1. The Labute approximate surface area is 174 Å². The smallest absolute Gasteiger partial charge is 0.321 e. The van der Waals surface area contributed by atoms with Gasteiger partial charge in [-0.05, 0) is 18.2 Å². The number of carbonyl (C=O) groups is 1. The van der Waals surface area contributed by atoms with Gasteiger partial charge >= 0.3 is 12.4 Å². The standard InChI is InChI=1S/C20H11F6N3OS/c21-19(22,23)12-6-13(20(24,25)26)8-14(7-12)27-17(30)16-10-31-18-28-15(9-29(16)18)11-4-2-1-3-5-11/h1-10H,(H,27,30). The lowest BCUT2D eigenvalue weighted by Gasteiger charge is -2.14. The number of nitrogens with one attached hydrogen (secondary N) is 1. The summed E-state index contributed by atoms with van der Waals surface area (Å²) in [6, 6.07) is 9.98. The Morgan fingerprint density at radius 1 is 0.935 bits per heavy atom. The number of nitrogens with zero attached hydrogens (tertiary/aromatic N) is 2. The van der Waals surface area contributed by atoms with E-state index in [2.05, 4.69) is 10.3 Å². The van der Waals surface area contributed by atoms with Crippen molar-refractivity contribution >= 4 is 27.9 Å². The van der Waals surface area contributed by atoms with Crippen LogP contribution in [0, 0.1) is 0 Å². The van der Waals surface area contributed by atoms with E-state index in [1.165, 1.54) is 9.78 Å². The fourth-order valence-corrected chi connectivity index (χ4v) is 3.77. The van der Waals surface area contributed by atoms with Crippen LogP contribution in [0.15, 0.2) is 60.1 Å². The number of amides is 1. The van der Waals surface area contributed by atoms with Gasteiger partial charge in [0.25, 0.3) is 5.91 Å². The Morgan fingerprint density at radius 2 is 1.55 bits per heavy atom. The van der Waals surface area contributed by atoms with Crippen LogP contribution in [0.3, 0.4) is 0 Å². The van der Waals surface area contributed by atoms with E-state index in [9.17, 15) is 31.1 Å². The second-order valence-corrected chi connectivity index (χ2v) is 7.35. The minimum atomic E-state index is -5.01. The van der Waals surface area contributed by atoms with E-state index in [0.717, 1.165) is 16.9 Å². The molecule has 4 nitrogen and oxygen atoms in total. The van der Waals surface area contributed by atoms with Crippen molar-refractivity contribution in [1.82, 2.24) is 9.38 Å².